The normalized spacial score (nSPS) is 18.1. The van der Waals surface area contributed by atoms with E-state index in [-0.39, 0.29) is 30.1 Å². The largest absolute Gasteiger partial charge is 0.444 e. The second kappa shape index (κ2) is 11.1. The Labute approximate surface area is 226 Å². The Kier molecular flexibility index (Phi) is 7.64. The van der Waals surface area contributed by atoms with Crippen molar-refractivity contribution in [3.8, 4) is 11.5 Å². The highest BCUT2D eigenvalue weighted by Crippen LogP contribution is 2.34. The van der Waals surface area contributed by atoms with Crippen molar-refractivity contribution in [2.45, 2.75) is 38.8 Å². The number of piperidine rings is 1. The number of rotatable bonds is 6. The summed E-state index contributed by atoms with van der Waals surface area (Å²) in [6.45, 7) is 6.04. The molecule has 0 bridgehead atoms. The van der Waals surface area contributed by atoms with E-state index in [4.69, 9.17) is 4.42 Å². The molecule has 1 aromatic carbocycles. The fourth-order valence-corrected chi connectivity index (χ4v) is 5.27. The Bertz CT molecular complexity index is 1430. The summed E-state index contributed by atoms with van der Waals surface area (Å²) in [5, 5.41) is 22.3. The number of carbonyl (C=O) groups is 1. The molecule has 38 heavy (non-hydrogen) atoms. The second-order valence-electron chi connectivity index (χ2n) is 10.0. The molecule has 1 amide bonds. The summed E-state index contributed by atoms with van der Waals surface area (Å²) in [5.74, 6) is 0.584. The average Bonchev–Trinajstić information content (AvgIpc) is 3.65. The van der Waals surface area contributed by atoms with Gasteiger partial charge in [0.05, 0.1) is 29.2 Å². The van der Waals surface area contributed by atoms with E-state index in [9.17, 15) is 9.90 Å². The monoisotopic (exact) mass is 537 g/mol. The fraction of sp³-hybridized carbons (Fsp3) is 0.407. The highest BCUT2D eigenvalue weighted by molar-refractivity contribution is 6.06. The van der Waals surface area contributed by atoms with Crippen LogP contribution in [0.3, 0.4) is 0 Å². The van der Waals surface area contributed by atoms with Crippen LogP contribution in [0.1, 0.15) is 35.4 Å². The zero-order valence-corrected chi connectivity index (χ0v) is 22.1. The zero-order chi connectivity index (χ0) is 25.4. The average molecular weight is 538 g/mol. The number of benzene rings is 1. The molecule has 0 radical (unpaired) electrons. The summed E-state index contributed by atoms with van der Waals surface area (Å²) < 4.78 is 7.65. The van der Waals surface area contributed by atoms with Gasteiger partial charge in [0.2, 0.25) is 5.89 Å². The molecule has 2 aliphatic rings. The number of carbonyl (C=O) groups excluding carboxylic acids is 1. The highest BCUT2D eigenvalue weighted by Gasteiger charge is 2.25. The van der Waals surface area contributed by atoms with Gasteiger partial charge < -0.3 is 25.1 Å². The standard InChI is InChI=1S/C27H31N7O3.ClH/c1-17-10-19(4-8-29-17)27-32-23(16-37-27)26(36)31-22-12-24-20(11-25(22)33-9-5-21(35)15-33)13-30-34(24)14-18-2-6-28-7-3-18;/h4,8,10-13,16,18,21,28,35H,2-3,5-7,9,14-15H2,1H3,(H,31,36);1H. The first kappa shape index (κ1) is 26.1. The van der Waals surface area contributed by atoms with Crippen LogP contribution in [-0.2, 0) is 6.54 Å². The smallest absolute Gasteiger partial charge is 0.277 e. The van der Waals surface area contributed by atoms with Crippen molar-refractivity contribution in [2.75, 3.05) is 36.4 Å². The third-order valence-electron chi connectivity index (χ3n) is 7.28. The first-order valence-corrected chi connectivity index (χ1v) is 12.9. The number of nitrogens with zero attached hydrogens (tertiary/aromatic N) is 5. The molecule has 4 aromatic rings. The van der Waals surface area contributed by atoms with Crippen molar-refractivity contribution in [3.05, 3.63) is 54.3 Å². The van der Waals surface area contributed by atoms with Gasteiger partial charge in [-0.25, -0.2) is 4.98 Å². The van der Waals surface area contributed by atoms with Gasteiger partial charge in [0.15, 0.2) is 5.69 Å². The minimum atomic E-state index is -0.385. The Hall–Kier alpha value is -3.47. The lowest BCUT2D eigenvalue weighted by Gasteiger charge is -2.24. The Morgan fingerprint density at radius 1 is 1.24 bits per heavy atom. The predicted octanol–water partition coefficient (Wildman–Crippen LogP) is 3.64. The van der Waals surface area contributed by atoms with Crippen LogP contribution >= 0.6 is 12.4 Å². The minimum absolute atomic E-state index is 0. The molecule has 1 atom stereocenters. The fourth-order valence-electron chi connectivity index (χ4n) is 5.27. The van der Waals surface area contributed by atoms with E-state index in [1.54, 1.807) is 12.3 Å². The molecule has 0 spiro atoms. The van der Waals surface area contributed by atoms with E-state index < -0.39 is 0 Å². The van der Waals surface area contributed by atoms with E-state index in [1.165, 1.54) is 6.26 Å². The van der Waals surface area contributed by atoms with Crippen molar-refractivity contribution >= 4 is 40.6 Å². The molecule has 2 fully saturated rings. The number of hydrogen-bond acceptors (Lipinski definition) is 8. The number of pyridine rings is 1. The number of fused-ring (bicyclic) bond motifs is 1. The topological polar surface area (TPSA) is 121 Å². The van der Waals surface area contributed by atoms with E-state index in [0.717, 1.165) is 60.3 Å². The number of aromatic nitrogens is 4. The molecule has 6 rings (SSSR count). The molecule has 0 aliphatic carbocycles. The number of nitrogens with one attached hydrogen (secondary N) is 2. The summed E-state index contributed by atoms with van der Waals surface area (Å²) in [4.78, 5) is 24.0. The maximum Gasteiger partial charge on any atom is 0.277 e. The van der Waals surface area contributed by atoms with Gasteiger partial charge in [0.25, 0.3) is 5.91 Å². The molecule has 0 saturated carbocycles. The van der Waals surface area contributed by atoms with Crippen LogP contribution in [-0.4, -0.2) is 63.0 Å². The molecular weight excluding hydrogens is 506 g/mol. The highest BCUT2D eigenvalue weighted by atomic mass is 35.5. The van der Waals surface area contributed by atoms with Crippen molar-refractivity contribution in [2.24, 2.45) is 5.92 Å². The van der Waals surface area contributed by atoms with Gasteiger partial charge in [-0.1, -0.05) is 0 Å². The lowest BCUT2D eigenvalue weighted by atomic mass is 9.98. The number of β-amino-alcohol motifs (C(OH)–C–C–N with tert-alkyl or cyclic N) is 1. The van der Waals surface area contributed by atoms with Crippen molar-refractivity contribution in [3.63, 3.8) is 0 Å². The first-order valence-electron chi connectivity index (χ1n) is 12.9. The summed E-state index contributed by atoms with van der Waals surface area (Å²) in [7, 11) is 0. The summed E-state index contributed by atoms with van der Waals surface area (Å²) >= 11 is 0. The lowest BCUT2D eigenvalue weighted by molar-refractivity contribution is 0.102. The third kappa shape index (κ3) is 5.38. The summed E-state index contributed by atoms with van der Waals surface area (Å²) in [6, 6.07) is 7.72. The lowest BCUT2D eigenvalue weighted by Crippen LogP contribution is -2.30. The quantitative estimate of drug-likeness (QED) is 0.341. The van der Waals surface area contributed by atoms with Crippen LogP contribution in [0, 0.1) is 12.8 Å². The van der Waals surface area contributed by atoms with E-state index in [0.29, 0.717) is 37.0 Å². The van der Waals surface area contributed by atoms with Gasteiger partial charge in [0, 0.05) is 42.5 Å². The van der Waals surface area contributed by atoms with Gasteiger partial charge in [-0.05, 0) is 69.5 Å². The van der Waals surface area contributed by atoms with E-state index in [1.807, 2.05) is 29.9 Å². The van der Waals surface area contributed by atoms with Gasteiger partial charge in [-0.3, -0.25) is 14.5 Å². The van der Waals surface area contributed by atoms with Crippen LogP contribution < -0.4 is 15.5 Å². The first-order chi connectivity index (χ1) is 18.0. The van der Waals surface area contributed by atoms with Crippen LogP contribution in [0.5, 0.6) is 0 Å². The van der Waals surface area contributed by atoms with Crippen LogP contribution in [0.2, 0.25) is 0 Å². The number of anilines is 2. The molecule has 2 aliphatic heterocycles. The number of oxazole rings is 1. The zero-order valence-electron chi connectivity index (χ0n) is 21.3. The molecular formula is C27H32ClN7O3. The number of amides is 1. The van der Waals surface area contributed by atoms with E-state index in [2.05, 4.69) is 36.7 Å². The van der Waals surface area contributed by atoms with E-state index >= 15 is 0 Å². The SMILES string of the molecule is Cc1cc(-c2nc(C(=O)Nc3cc4c(cnn4CC4CCNCC4)cc3N3CCC(O)C3)co2)ccn1.Cl. The molecule has 11 heteroatoms. The van der Waals surface area contributed by atoms with Crippen LogP contribution in [0.25, 0.3) is 22.4 Å². The molecule has 5 heterocycles. The maximum absolute atomic E-state index is 13.3. The number of halogens is 1. The molecule has 3 N–H and O–H groups in total. The Balaban J connectivity index is 0.00000294. The minimum Gasteiger partial charge on any atom is -0.444 e. The van der Waals surface area contributed by atoms with Crippen molar-refractivity contribution in [1.82, 2.24) is 25.1 Å². The van der Waals surface area contributed by atoms with Gasteiger partial charge in [-0.15, -0.1) is 12.4 Å². The molecule has 200 valence electrons. The van der Waals surface area contributed by atoms with Crippen LogP contribution in [0.4, 0.5) is 11.4 Å². The number of hydrogen-bond donors (Lipinski definition) is 3. The van der Waals surface area contributed by atoms with Gasteiger partial charge >= 0.3 is 0 Å². The number of aliphatic hydroxyl groups is 1. The van der Waals surface area contributed by atoms with Gasteiger partial charge in [0.1, 0.15) is 6.26 Å². The Morgan fingerprint density at radius 2 is 2.08 bits per heavy atom. The second-order valence-corrected chi connectivity index (χ2v) is 10.0. The molecule has 3 aromatic heterocycles. The van der Waals surface area contributed by atoms with Crippen molar-refractivity contribution < 1.29 is 14.3 Å². The van der Waals surface area contributed by atoms with Crippen molar-refractivity contribution in [1.29, 1.82) is 0 Å². The van der Waals surface area contributed by atoms with Gasteiger partial charge in [-0.2, -0.15) is 5.10 Å². The number of aliphatic hydroxyl groups excluding tert-OH is 1. The summed E-state index contributed by atoms with van der Waals surface area (Å²) in [6.07, 6.45) is 7.51. The van der Waals surface area contributed by atoms with Crippen LogP contribution in [0.15, 0.2) is 47.3 Å². The maximum atomic E-state index is 13.3. The summed E-state index contributed by atoms with van der Waals surface area (Å²) in [5.41, 5.74) is 4.32. The third-order valence-corrected chi connectivity index (χ3v) is 7.28. The Morgan fingerprint density at radius 3 is 2.84 bits per heavy atom. The predicted molar refractivity (Wildman–Crippen MR) is 148 cm³/mol. The molecule has 2 saturated heterocycles. The molecule has 10 nitrogen and oxygen atoms in total. The molecule has 1 unspecified atom stereocenters. The number of aryl methyl sites for hydroxylation is 1.